The third-order valence-electron chi connectivity index (χ3n) is 7.85. The molecule has 0 radical (unpaired) electrons. The number of amides is 1. The summed E-state index contributed by atoms with van der Waals surface area (Å²) in [7, 11) is 5.78. The lowest BCUT2D eigenvalue weighted by molar-refractivity contribution is 0.0630. The summed E-state index contributed by atoms with van der Waals surface area (Å²) in [4.78, 5) is 31.8. The van der Waals surface area contributed by atoms with E-state index in [1.165, 1.54) is 0 Å². The predicted octanol–water partition coefficient (Wildman–Crippen LogP) is 3.95. The van der Waals surface area contributed by atoms with Crippen LogP contribution in [0.5, 0.6) is 5.75 Å². The number of hydrogen-bond donors (Lipinski definition) is 3. The molecular formula is C33H44N8O3. The van der Waals surface area contributed by atoms with Crippen LogP contribution in [0.25, 0.3) is 22.3 Å². The van der Waals surface area contributed by atoms with Gasteiger partial charge in [0, 0.05) is 61.6 Å². The molecule has 4 aromatic rings. The van der Waals surface area contributed by atoms with Crippen LogP contribution in [-0.4, -0.2) is 94.5 Å². The second kappa shape index (κ2) is 13.3. The van der Waals surface area contributed by atoms with E-state index < -0.39 is 5.60 Å². The highest BCUT2D eigenvalue weighted by Gasteiger charge is 2.24. The van der Waals surface area contributed by atoms with Crippen LogP contribution in [0, 0.1) is 6.92 Å². The summed E-state index contributed by atoms with van der Waals surface area (Å²) >= 11 is 0. The Morgan fingerprint density at radius 2 is 1.91 bits per heavy atom. The maximum atomic E-state index is 13.6. The number of anilines is 2. The maximum Gasteiger partial charge on any atom is 0.258 e. The first kappa shape index (κ1) is 31.4. The molecule has 0 aliphatic carbocycles. The largest absolute Gasteiger partial charge is 0.496 e. The average Bonchev–Trinajstić information content (AvgIpc) is 3.31. The number of piperidine rings is 1. The molecule has 1 aliphatic heterocycles. The molecule has 0 unspecified atom stereocenters. The van der Waals surface area contributed by atoms with Crippen molar-refractivity contribution in [2.75, 3.05) is 57.6 Å². The fourth-order valence-corrected chi connectivity index (χ4v) is 5.65. The van der Waals surface area contributed by atoms with Crippen LogP contribution in [0.1, 0.15) is 42.7 Å². The average molecular weight is 601 g/mol. The lowest BCUT2D eigenvalue weighted by atomic mass is 10.0. The minimum Gasteiger partial charge on any atom is -0.496 e. The Hall–Kier alpha value is -4.06. The predicted molar refractivity (Wildman–Crippen MR) is 175 cm³/mol. The molecule has 4 heterocycles. The van der Waals surface area contributed by atoms with Crippen molar-refractivity contribution in [2.45, 2.75) is 51.8 Å². The van der Waals surface area contributed by atoms with Crippen molar-refractivity contribution < 1.29 is 14.6 Å². The minimum absolute atomic E-state index is 0.258. The summed E-state index contributed by atoms with van der Waals surface area (Å²) in [6.07, 6.45) is 5.48. The number of aryl methyl sites for hydroxylation is 1. The Morgan fingerprint density at radius 3 is 2.61 bits per heavy atom. The van der Waals surface area contributed by atoms with Crippen LogP contribution < -0.4 is 20.3 Å². The third kappa shape index (κ3) is 7.53. The Labute approximate surface area is 259 Å². The van der Waals surface area contributed by atoms with E-state index in [1.807, 2.05) is 17.6 Å². The Kier molecular flexibility index (Phi) is 9.48. The smallest absolute Gasteiger partial charge is 0.258 e. The number of imidazole rings is 1. The van der Waals surface area contributed by atoms with Gasteiger partial charge in [-0.05, 0) is 84.1 Å². The van der Waals surface area contributed by atoms with Crippen molar-refractivity contribution in [1.29, 1.82) is 0 Å². The van der Waals surface area contributed by atoms with Crippen LogP contribution in [0.3, 0.4) is 0 Å². The van der Waals surface area contributed by atoms with Gasteiger partial charge < -0.3 is 29.5 Å². The molecule has 3 aromatic heterocycles. The molecule has 234 valence electrons. The number of ether oxygens (including phenoxy) is 1. The van der Waals surface area contributed by atoms with Gasteiger partial charge in [0.15, 0.2) is 0 Å². The van der Waals surface area contributed by atoms with Gasteiger partial charge in [-0.25, -0.2) is 4.98 Å². The van der Waals surface area contributed by atoms with Crippen molar-refractivity contribution in [2.24, 2.45) is 0 Å². The summed E-state index contributed by atoms with van der Waals surface area (Å²) in [5, 5.41) is 17.5. The molecule has 0 saturated carbocycles. The SMILES string of the molecule is COc1ccncc1-c1cc(C(=O)Nc2nc3ccc(N4CCC(NCCN(C)C)CC4)cc3n2CC(C)(C)O)cc(C)n1. The van der Waals surface area contributed by atoms with Gasteiger partial charge in [-0.1, -0.05) is 0 Å². The molecule has 11 nitrogen and oxygen atoms in total. The second-order valence-electron chi connectivity index (χ2n) is 12.4. The van der Waals surface area contributed by atoms with E-state index >= 15 is 0 Å². The number of aliphatic hydroxyl groups is 1. The van der Waals surface area contributed by atoms with Crippen LogP contribution >= 0.6 is 0 Å². The highest BCUT2D eigenvalue weighted by molar-refractivity contribution is 6.05. The molecular weight excluding hydrogens is 556 g/mol. The summed E-state index contributed by atoms with van der Waals surface area (Å²) in [5.74, 6) is 0.677. The normalized spacial score (nSPS) is 14.4. The van der Waals surface area contributed by atoms with Crippen LogP contribution in [0.15, 0.2) is 48.8 Å². The number of fused-ring (bicyclic) bond motifs is 1. The van der Waals surface area contributed by atoms with E-state index in [2.05, 4.69) is 56.6 Å². The molecule has 1 aromatic carbocycles. The summed E-state index contributed by atoms with van der Waals surface area (Å²) < 4.78 is 7.38. The zero-order valence-corrected chi connectivity index (χ0v) is 26.6. The fraction of sp³-hybridized carbons (Fsp3) is 0.455. The number of nitrogens with zero attached hydrogens (tertiary/aromatic N) is 6. The molecule has 5 rings (SSSR count). The number of benzene rings is 1. The number of rotatable bonds is 11. The van der Waals surface area contributed by atoms with Crippen LogP contribution in [0.4, 0.5) is 11.6 Å². The van der Waals surface area contributed by atoms with Crippen molar-refractivity contribution in [1.82, 2.24) is 29.7 Å². The fourth-order valence-electron chi connectivity index (χ4n) is 5.65. The molecule has 3 N–H and O–H groups in total. The number of nitrogens with one attached hydrogen (secondary N) is 2. The van der Waals surface area contributed by atoms with Crippen molar-refractivity contribution >= 4 is 28.6 Å². The van der Waals surface area contributed by atoms with E-state index in [-0.39, 0.29) is 12.5 Å². The number of aromatic nitrogens is 4. The summed E-state index contributed by atoms with van der Waals surface area (Å²) in [5.41, 5.74) is 4.09. The molecule has 0 spiro atoms. The van der Waals surface area contributed by atoms with Crippen LogP contribution in [-0.2, 0) is 6.54 Å². The van der Waals surface area contributed by atoms with E-state index in [1.54, 1.807) is 51.6 Å². The van der Waals surface area contributed by atoms with Crippen molar-refractivity contribution in [3.8, 4) is 17.0 Å². The van der Waals surface area contributed by atoms with E-state index in [0.717, 1.165) is 55.7 Å². The molecule has 0 atom stereocenters. The number of carbonyl (C=O) groups is 1. The molecule has 0 bridgehead atoms. The second-order valence-corrected chi connectivity index (χ2v) is 12.4. The van der Waals surface area contributed by atoms with Gasteiger partial charge in [0.1, 0.15) is 5.75 Å². The quantitative estimate of drug-likeness (QED) is 0.235. The molecule has 1 fully saturated rings. The molecule has 1 saturated heterocycles. The molecule has 11 heteroatoms. The number of likely N-dealkylation sites (N-methyl/N-ethyl adjacent to an activating group) is 1. The third-order valence-corrected chi connectivity index (χ3v) is 7.85. The van der Waals surface area contributed by atoms with Crippen molar-refractivity contribution in [3.63, 3.8) is 0 Å². The first-order valence-electron chi connectivity index (χ1n) is 15.1. The molecule has 1 amide bonds. The molecule has 1 aliphatic rings. The standard InChI is InChI=1S/C33H44N8O3/c1-22-17-23(18-28(36-22)26-20-34-12-9-30(26)44-6)31(42)38-32-37-27-8-7-25(19-29(27)41(32)21-33(2,3)43)40-14-10-24(11-15-40)35-13-16-39(4)5/h7-9,12,17-20,24,35,43H,10-11,13-16,21H2,1-6H3,(H,37,38,42). The van der Waals surface area contributed by atoms with Crippen LogP contribution in [0.2, 0.25) is 0 Å². The zero-order chi connectivity index (χ0) is 31.4. The maximum absolute atomic E-state index is 13.6. The van der Waals surface area contributed by atoms with Gasteiger partial charge >= 0.3 is 0 Å². The number of methoxy groups -OCH3 is 1. The zero-order valence-electron chi connectivity index (χ0n) is 26.6. The first-order chi connectivity index (χ1) is 21.0. The van der Waals surface area contributed by atoms with Gasteiger partial charge in [0.25, 0.3) is 5.91 Å². The van der Waals surface area contributed by atoms with Crippen molar-refractivity contribution in [3.05, 3.63) is 60.0 Å². The van der Waals surface area contributed by atoms with Gasteiger partial charge in [-0.15, -0.1) is 0 Å². The Morgan fingerprint density at radius 1 is 1.14 bits per heavy atom. The van der Waals surface area contributed by atoms with E-state index in [4.69, 9.17) is 9.72 Å². The Bertz CT molecular complexity index is 1600. The first-order valence-corrected chi connectivity index (χ1v) is 15.1. The summed E-state index contributed by atoms with van der Waals surface area (Å²) in [6, 6.07) is 11.9. The number of hydrogen-bond acceptors (Lipinski definition) is 9. The lowest BCUT2D eigenvalue weighted by Gasteiger charge is -2.34. The topological polar surface area (TPSA) is 121 Å². The van der Waals surface area contributed by atoms with E-state index in [9.17, 15) is 9.90 Å². The highest BCUT2D eigenvalue weighted by Crippen LogP contribution is 2.30. The Balaban J connectivity index is 1.39. The number of pyridine rings is 2. The monoisotopic (exact) mass is 600 g/mol. The minimum atomic E-state index is -1.03. The van der Waals surface area contributed by atoms with Gasteiger partial charge in [-0.2, -0.15) is 0 Å². The molecule has 44 heavy (non-hydrogen) atoms. The summed E-state index contributed by atoms with van der Waals surface area (Å²) in [6.45, 7) is 9.54. The van der Waals surface area contributed by atoms with E-state index in [0.29, 0.717) is 40.3 Å². The number of carbonyl (C=O) groups excluding carboxylic acids is 1. The van der Waals surface area contributed by atoms with Gasteiger partial charge in [0.05, 0.1) is 41.5 Å². The lowest BCUT2D eigenvalue weighted by Crippen LogP contribution is -2.44. The highest BCUT2D eigenvalue weighted by atomic mass is 16.5. The van der Waals surface area contributed by atoms with Gasteiger partial charge in [0.2, 0.25) is 5.95 Å². The van der Waals surface area contributed by atoms with Gasteiger partial charge in [-0.3, -0.25) is 20.1 Å².